The molecule has 4 rings (SSSR count). The van der Waals surface area contributed by atoms with Gasteiger partial charge in [-0.1, -0.05) is 6.08 Å². The SMILES string of the molecule is C=CCc1cc(OC)cc(CN2CCC(C(=O)Nc3ccc4c(c3)OCO4)CC2)c1O. The summed E-state index contributed by atoms with van der Waals surface area (Å²) in [4.78, 5) is 15.0. The number of hydrogen-bond acceptors (Lipinski definition) is 6. The molecule has 2 aliphatic heterocycles. The largest absolute Gasteiger partial charge is 0.507 e. The predicted molar refractivity (Wildman–Crippen MR) is 118 cm³/mol. The van der Waals surface area contributed by atoms with Gasteiger partial charge in [-0.05, 0) is 56.6 Å². The number of phenols is 1. The first-order valence-electron chi connectivity index (χ1n) is 10.5. The van der Waals surface area contributed by atoms with E-state index in [1.807, 2.05) is 24.3 Å². The summed E-state index contributed by atoms with van der Waals surface area (Å²) in [6, 6.07) is 9.14. The number of benzene rings is 2. The molecule has 0 saturated carbocycles. The van der Waals surface area contributed by atoms with Crippen LogP contribution in [0.4, 0.5) is 5.69 Å². The minimum absolute atomic E-state index is 0.0241. The number of allylic oxidation sites excluding steroid dienone is 1. The number of rotatable bonds is 7. The van der Waals surface area contributed by atoms with Crippen LogP contribution in [0.1, 0.15) is 24.0 Å². The third-order valence-electron chi connectivity index (χ3n) is 5.83. The van der Waals surface area contributed by atoms with Crippen molar-refractivity contribution in [2.45, 2.75) is 25.8 Å². The molecule has 2 N–H and O–H groups in total. The van der Waals surface area contributed by atoms with Gasteiger partial charge in [-0.25, -0.2) is 0 Å². The number of hydrogen-bond donors (Lipinski definition) is 2. The van der Waals surface area contributed by atoms with Crippen LogP contribution in [0.15, 0.2) is 43.0 Å². The van der Waals surface area contributed by atoms with Crippen molar-refractivity contribution >= 4 is 11.6 Å². The second-order valence-corrected chi connectivity index (χ2v) is 7.89. The Labute approximate surface area is 182 Å². The van der Waals surface area contributed by atoms with Crippen molar-refractivity contribution in [2.75, 3.05) is 32.3 Å². The van der Waals surface area contributed by atoms with E-state index in [0.717, 1.165) is 42.8 Å². The van der Waals surface area contributed by atoms with Gasteiger partial charge in [0.15, 0.2) is 11.5 Å². The molecule has 2 aromatic carbocycles. The molecular formula is C24H28N2O5. The van der Waals surface area contributed by atoms with Gasteiger partial charge in [0.2, 0.25) is 12.7 Å². The number of methoxy groups -OCH3 is 1. The number of ether oxygens (including phenoxy) is 3. The van der Waals surface area contributed by atoms with Crippen LogP contribution in [-0.4, -0.2) is 42.9 Å². The molecule has 7 nitrogen and oxygen atoms in total. The van der Waals surface area contributed by atoms with E-state index >= 15 is 0 Å². The smallest absolute Gasteiger partial charge is 0.231 e. The first kappa shape index (κ1) is 21.1. The van der Waals surface area contributed by atoms with Gasteiger partial charge in [0.05, 0.1) is 7.11 Å². The quantitative estimate of drug-likeness (QED) is 0.660. The summed E-state index contributed by atoms with van der Waals surface area (Å²) in [6.07, 6.45) is 3.88. The zero-order valence-electron chi connectivity index (χ0n) is 17.7. The Bertz CT molecular complexity index is 967. The van der Waals surface area contributed by atoms with Crippen LogP contribution in [0.5, 0.6) is 23.0 Å². The van der Waals surface area contributed by atoms with Crippen LogP contribution in [0.2, 0.25) is 0 Å². The van der Waals surface area contributed by atoms with Gasteiger partial charge in [-0.3, -0.25) is 9.69 Å². The molecule has 1 fully saturated rings. The molecule has 2 heterocycles. The number of aromatic hydroxyl groups is 1. The molecule has 0 aromatic heterocycles. The summed E-state index contributed by atoms with van der Waals surface area (Å²) in [5.41, 5.74) is 2.36. The van der Waals surface area contributed by atoms with Gasteiger partial charge in [0.25, 0.3) is 0 Å². The molecule has 31 heavy (non-hydrogen) atoms. The van der Waals surface area contributed by atoms with E-state index in [0.29, 0.717) is 35.9 Å². The van der Waals surface area contributed by atoms with Crippen molar-refractivity contribution in [2.24, 2.45) is 5.92 Å². The molecule has 0 atom stereocenters. The molecule has 7 heteroatoms. The van der Waals surface area contributed by atoms with Crippen LogP contribution in [0, 0.1) is 5.92 Å². The Kier molecular flexibility index (Phi) is 6.32. The number of phenolic OH excluding ortho intramolecular Hbond substituents is 1. The van der Waals surface area contributed by atoms with Crippen LogP contribution in [0.25, 0.3) is 0 Å². The highest BCUT2D eigenvalue weighted by molar-refractivity contribution is 5.93. The van der Waals surface area contributed by atoms with Gasteiger partial charge >= 0.3 is 0 Å². The van der Waals surface area contributed by atoms with Crippen molar-refractivity contribution in [3.8, 4) is 23.0 Å². The summed E-state index contributed by atoms with van der Waals surface area (Å²) < 4.78 is 16.1. The lowest BCUT2D eigenvalue weighted by Crippen LogP contribution is -2.37. The van der Waals surface area contributed by atoms with E-state index in [2.05, 4.69) is 16.8 Å². The predicted octanol–water partition coefficient (Wildman–Crippen LogP) is 3.71. The van der Waals surface area contributed by atoms with Crippen LogP contribution < -0.4 is 19.5 Å². The van der Waals surface area contributed by atoms with Crippen LogP contribution in [-0.2, 0) is 17.8 Å². The number of carbonyl (C=O) groups excluding carboxylic acids is 1. The number of piperidine rings is 1. The lowest BCUT2D eigenvalue weighted by atomic mass is 9.95. The summed E-state index contributed by atoms with van der Waals surface area (Å²) >= 11 is 0. The Balaban J connectivity index is 1.34. The maximum absolute atomic E-state index is 12.7. The maximum atomic E-state index is 12.7. The van der Waals surface area contributed by atoms with E-state index in [1.54, 1.807) is 19.3 Å². The second kappa shape index (κ2) is 9.31. The van der Waals surface area contributed by atoms with Gasteiger partial charge in [0, 0.05) is 35.3 Å². The number of nitrogens with one attached hydrogen (secondary N) is 1. The van der Waals surface area contributed by atoms with E-state index in [4.69, 9.17) is 14.2 Å². The van der Waals surface area contributed by atoms with E-state index < -0.39 is 0 Å². The fourth-order valence-electron chi connectivity index (χ4n) is 4.09. The number of amides is 1. The number of carbonyl (C=O) groups is 1. The minimum atomic E-state index is -0.0445. The molecule has 2 aromatic rings. The molecule has 1 saturated heterocycles. The lowest BCUT2D eigenvalue weighted by Gasteiger charge is -2.31. The standard InChI is InChI=1S/C24H28N2O5/c1-3-4-17-11-20(29-2)12-18(23(17)27)14-26-9-7-16(8-10-26)24(28)25-19-5-6-21-22(13-19)31-15-30-21/h3,5-6,11-13,16,27H,1,4,7-10,14-15H2,2H3,(H,25,28). The maximum Gasteiger partial charge on any atom is 0.231 e. The highest BCUT2D eigenvalue weighted by Crippen LogP contribution is 2.35. The van der Waals surface area contributed by atoms with Gasteiger partial charge in [-0.15, -0.1) is 6.58 Å². The molecule has 0 bridgehead atoms. The van der Waals surface area contributed by atoms with Crippen molar-refractivity contribution in [1.82, 2.24) is 4.90 Å². The second-order valence-electron chi connectivity index (χ2n) is 7.89. The number of fused-ring (bicyclic) bond motifs is 1. The minimum Gasteiger partial charge on any atom is -0.507 e. The zero-order valence-corrected chi connectivity index (χ0v) is 17.7. The molecule has 2 aliphatic rings. The summed E-state index contributed by atoms with van der Waals surface area (Å²) in [5.74, 6) is 2.35. The van der Waals surface area contributed by atoms with E-state index in [9.17, 15) is 9.90 Å². The topological polar surface area (TPSA) is 80.3 Å². The van der Waals surface area contributed by atoms with Crippen molar-refractivity contribution in [3.63, 3.8) is 0 Å². The number of anilines is 1. The molecule has 0 radical (unpaired) electrons. The normalized spacial score (nSPS) is 16.2. The van der Waals surface area contributed by atoms with E-state index in [1.165, 1.54) is 0 Å². The van der Waals surface area contributed by atoms with Gasteiger partial charge in [-0.2, -0.15) is 0 Å². The fraction of sp³-hybridized carbons (Fsp3) is 0.375. The Morgan fingerprint density at radius 2 is 1.97 bits per heavy atom. The van der Waals surface area contributed by atoms with Crippen molar-refractivity contribution in [1.29, 1.82) is 0 Å². The molecule has 0 spiro atoms. The fourth-order valence-corrected chi connectivity index (χ4v) is 4.09. The first-order chi connectivity index (χ1) is 15.1. The Morgan fingerprint density at radius 1 is 1.23 bits per heavy atom. The monoisotopic (exact) mass is 424 g/mol. The Hall–Kier alpha value is -3.19. The Morgan fingerprint density at radius 3 is 2.71 bits per heavy atom. The first-order valence-corrected chi connectivity index (χ1v) is 10.5. The summed E-state index contributed by atoms with van der Waals surface area (Å²) in [6.45, 7) is 6.15. The third-order valence-corrected chi connectivity index (χ3v) is 5.83. The van der Waals surface area contributed by atoms with Crippen LogP contribution >= 0.6 is 0 Å². The molecular weight excluding hydrogens is 396 g/mol. The molecule has 1 amide bonds. The van der Waals surface area contributed by atoms with Crippen LogP contribution in [0.3, 0.4) is 0 Å². The summed E-state index contributed by atoms with van der Waals surface area (Å²) in [7, 11) is 1.62. The highest BCUT2D eigenvalue weighted by Gasteiger charge is 2.26. The van der Waals surface area contributed by atoms with Crippen molar-refractivity contribution < 1.29 is 24.1 Å². The number of likely N-dealkylation sites (tertiary alicyclic amines) is 1. The van der Waals surface area contributed by atoms with E-state index in [-0.39, 0.29) is 18.6 Å². The average Bonchev–Trinajstić information content (AvgIpc) is 3.25. The molecule has 0 aliphatic carbocycles. The number of nitrogens with zero attached hydrogens (tertiary/aromatic N) is 1. The molecule has 164 valence electrons. The zero-order chi connectivity index (χ0) is 21.8. The van der Waals surface area contributed by atoms with Crippen molar-refractivity contribution in [3.05, 3.63) is 54.1 Å². The lowest BCUT2D eigenvalue weighted by molar-refractivity contribution is -0.121. The summed E-state index contributed by atoms with van der Waals surface area (Å²) in [5, 5.41) is 13.6. The average molecular weight is 424 g/mol. The third kappa shape index (κ3) is 4.77. The van der Waals surface area contributed by atoms with Gasteiger partial charge < -0.3 is 24.6 Å². The molecule has 0 unspecified atom stereocenters. The highest BCUT2D eigenvalue weighted by atomic mass is 16.7. The van der Waals surface area contributed by atoms with Gasteiger partial charge in [0.1, 0.15) is 11.5 Å².